The van der Waals surface area contributed by atoms with Gasteiger partial charge in [0.15, 0.2) is 0 Å². The van der Waals surface area contributed by atoms with Crippen molar-refractivity contribution in [2.24, 2.45) is 0 Å². The fourth-order valence-electron chi connectivity index (χ4n) is 3.33. The number of aryl methyl sites for hydroxylation is 1. The standard InChI is InChI=1S/C22H28BrN3O4S/c1-18-6-8-21(9-7-18)31(28,29)26(20-5-2-4-19(23)16-20)17-22(27)24-10-3-11-25-12-14-30-15-13-25/h2,4-9,16H,3,10-15,17H2,1H3,(H,24,27). The first-order valence-electron chi connectivity index (χ1n) is 10.3. The fraction of sp³-hybridized carbons (Fsp3) is 0.409. The first kappa shape index (κ1) is 23.7. The van der Waals surface area contributed by atoms with Crippen molar-refractivity contribution in [3.63, 3.8) is 0 Å². The van der Waals surface area contributed by atoms with Crippen LogP contribution in [0.25, 0.3) is 0 Å². The molecule has 3 rings (SSSR count). The van der Waals surface area contributed by atoms with Crippen molar-refractivity contribution in [1.29, 1.82) is 0 Å². The fourth-order valence-corrected chi connectivity index (χ4v) is 5.13. The second-order valence-electron chi connectivity index (χ2n) is 7.46. The minimum atomic E-state index is -3.90. The van der Waals surface area contributed by atoms with Gasteiger partial charge in [0.25, 0.3) is 10.0 Å². The summed E-state index contributed by atoms with van der Waals surface area (Å²) in [4.78, 5) is 15.1. The highest BCUT2D eigenvalue weighted by Crippen LogP contribution is 2.26. The van der Waals surface area contributed by atoms with Crippen LogP contribution >= 0.6 is 15.9 Å². The van der Waals surface area contributed by atoms with Crippen LogP contribution in [-0.2, 0) is 19.6 Å². The Labute approximate surface area is 192 Å². The number of amides is 1. The number of nitrogens with one attached hydrogen (secondary N) is 1. The van der Waals surface area contributed by atoms with Crippen LogP contribution in [0.5, 0.6) is 0 Å². The van der Waals surface area contributed by atoms with Gasteiger partial charge in [0, 0.05) is 24.1 Å². The summed E-state index contributed by atoms with van der Waals surface area (Å²) in [6.45, 7) is 6.26. The third kappa shape index (κ3) is 6.77. The zero-order valence-corrected chi connectivity index (χ0v) is 20.0. The molecule has 0 unspecified atom stereocenters. The molecule has 0 atom stereocenters. The summed E-state index contributed by atoms with van der Waals surface area (Å²) >= 11 is 3.38. The van der Waals surface area contributed by atoms with Crippen LogP contribution in [-0.4, -0.2) is 65.2 Å². The highest BCUT2D eigenvalue weighted by atomic mass is 79.9. The van der Waals surface area contributed by atoms with E-state index in [4.69, 9.17) is 4.74 Å². The summed E-state index contributed by atoms with van der Waals surface area (Å²) in [5.41, 5.74) is 1.39. The van der Waals surface area contributed by atoms with Crippen LogP contribution in [0.2, 0.25) is 0 Å². The van der Waals surface area contributed by atoms with E-state index < -0.39 is 10.0 Å². The number of sulfonamides is 1. The number of nitrogens with zero attached hydrogens (tertiary/aromatic N) is 2. The van der Waals surface area contributed by atoms with E-state index in [-0.39, 0.29) is 17.3 Å². The van der Waals surface area contributed by atoms with Crippen molar-refractivity contribution in [3.05, 3.63) is 58.6 Å². The Balaban J connectivity index is 1.68. The van der Waals surface area contributed by atoms with E-state index in [2.05, 4.69) is 26.1 Å². The number of ether oxygens (including phenoxy) is 1. The second-order valence-corrected chi connectivity index (χ2v) is 10.2. The molecule has 0 bridgehead atoms. The van der Waals surface area contributed by atoms with Crippen molar-refractivity contribution in [1.82, 2.24) is 10.2 Å². The first-order valence-corrected chi connectivity index (χ1v) is 12.5. The molecular formula is C22H28BrN3O4S. The molecule has 1 heterocycles. The third-order valence-electron chi connectivity index (χ3n) is 5.07. The zero-order valence-electron chi connectivity index (χ0n) is 17.6. The summed E-state index contributed by atoms with van der Waals surface area (Å²) in [5, 5.41) is 2.86. The molecule has 7 nitrogen and oxygen atoms in total. The van der Waals surface area contributed by atoms with E-state index in [1.165, 1.54) is 0 Å². The molecule has 2 aromatic rings. The van der Waals surface area contributed by atoms with Crippen molar-refractivity contribution in [3.8, 4) is 0 Å². The van der Waals surface area contributed by atoms with Gasteiger partial charge in [0.05, 0.1) is 23.8 Å². The van der Waals surface area contributed by atoms with E-state index in [0.717, 1.165) is 53.6 Å². The van der Waals surface area contributed by atoms with Gasteiger partial charge in [-0.3, -0.25) is 14.0 Å². The molecule has 168 valence electrons. The normalized spacial score (nSPS) is 14.9. The highest BCUT2D eigenvalue weighted by Gasteiger charge is 2.27. The van der Waals surface area contributed by atoms with Gasteiger partial charge in [0.1, 0.15) is 6.54 Å². The van der Waals surface area contributed by atoms with E-state index in [0.29, 0.717) is 12.2 Å². The Bertz CT molecular complexity index is 977. The van der Waals surface area contributed by atoms with Crippen LogP contribution < -0.4 is 9.62 Å². The summed E-state index contributed by atoms with van der Waals surface area (Å²) in [5.74, 6) is -0.336. The number of rotatable bonds is 9. The molecule has 0 aliphatic carbocycles. The molecule has 1 amide bonds. The average Bonchev–Trinajstić information content (AvgIpc) is 2.76. The number of carbonyl (C=O) groups is 1. The topological polar surface area (TPSA) is 79.0 Å². The van der Waals surface area contributed by atoms with Crippen molar-refractivity contribution in [2.75, 3.05) is 50.2 Å². The van der Waals surface area contributed by atoms with Gasteiger partial charge in [-0.2, -0.15) is 0 Å². The molecule has 1 aliphatic rings. The van der Waals surface area contributed by atoms with Gasteiger partial charge >= 0.3 is 0 Å². The molecule has 1 fully saturated rings. The monoisotopic (exact) mass is 509 g/mol. The van der Waals surface area contributed by atoms with Gasteiger partial charge in [-0.25, -0.2) is 8.42 Å². The molecule has 0 aromatic heterocycles. The molecule has 9 heteroatoms. The smallest absolute Gasteiger partial charge is 0.264 e. The Morgan fingerprint density at radius 1 is 1.16 bits per heavy atom. The second kappa shape index (κ2) is 11.1. The molecule has 1 aliphatic heterocycles. The number of benzene rings is 2. The van der Waals surface area contributed by atoms with E-state index in [1.807, 2.05) is 13.0 Å². The van der Waals surface area contributed by atoms with Crippen LogP contribution in [0.1, 0.15) is 12.0 Å². The third-order valence-corrected chi connectivity index (χ3v) is 7.35. The van der Waals surface area contributed by atoms with Crippen LogP contribution in [0.4, 0.5) is 5.69 Å². The van der Waals surface area contributed by atoms with Crippen molar-refractivity contribution in [2.45, 2.75) is 18.2 Å². The van der Waals surface area contributed by atoms with Gasteiger partial charge in [-0.05, 0) is 50.2 Å². The molecule has 0 saturated carbocycles. The quantitative estimate of drug-likeness (QED) is 0.525. The predicted molar refractivity (Wildman–Crippen MR) is 125 cm³/mol. The largest absolute Gasteiger partial charge is 0.379 e. The average molecular weight is 510 g/mol. The lowest BCUT2D eigenvalue weighted by atomic mass is 10.2. The van der Waals surface area contributed by atoms with Gasteiger partial charge < -0.3 is 10.1 Å². The number of morpholine rings is 1. The first-order chi connectivity index (χ1) is 14.9. The minimum Gasteiger partial charge on any atom is -0.379 e. The molecule has 1 N–H and O–H groups in total. The maximum absolute atomic E-state index is 13.3. The summed E-state index contributed by atoms with van der Waals surface area (Å²) in [6, 6.07) is 13.6. The van der Waals surface area contributed by atoms with Gasteiger partial charge in [-0.15, -0.1) is 0 Å². The molecule has 0 radical (unpaired) electrons. The van der Waals surface area contributed by atoms with E-state index in [9.17, 15) is 13.2 Å². The maximum Gasteiger partial charge on any atom is 0.264 e. The lowest BCUT2D eigenvalue weighted by Crippen LogP contribution is -2.42. The number of hydrogen-bond donors (Lipinski definition) is 1. The lowest BCUT2D eigenvalue weighted by Gasteiger charge is -2.26. The molecule has 1 saturated heterocycles. The van der Waals surface area contributed by atoms with Crippen LogP contribution in [0.3, 0.4) is 0 Å². The van der Waals surface area contributed by atoms with Crippen molar-refractivity contribution >= 4 is 37.5 Å². The Morgan fingerprint density at radius 2 is 1.87 bits per heavy atom. The van der Waals surface area contributed by atoms with E-state index >= 15 is 0 Å². The number of halogens is 1. The summed E-state index contributed by atoms with van der Waals surface area (Å²) in [6.07, 6.45) is 0.799. The van der Waals surface area contributed by atoms with Gasteiger partial charge in [-0.1, -0.05) is 39.7 Å². The number of hydrogen-bond acceptors (Lipinski definition) is 5. The predicted octanol–water partition coefficient (Wildman–Crippen LogP) is 2.79. The summed E-state index contributed by atoms with van der Waals surface area (Å²) in [7, 11) is -3.90. The molecule has 31 heavy (non-hydrogen) atoms. The lowest BCUT2D eigenvalue weighted by molar-refractivity contribution is -0.119. The Morgan fingerprint density at radius 3 is 2.55 bits per heavy atom. The minimum absolute atomic E-state index is 0.151. The van der Waals surface area contributed by atoms with Crippen LogP contribution in [0, 0.1) is 6.92 Å². The SMILES string of the molecule is Cc1ccc(S(=O)(=O)N(CC(=O)NCCCN2CCOCC2)c2cccc(Br)c2)cc1. The Hall–Kier alpha value is -1.94. The van der Waals surface area contributed by atoms with Crippen LogP contribution in [0.15, 0.2) is 57.9 Å². The van der Waals surface area contributed by atoms with Gasteiger partial charge in [0.2, 0.25) is 5.91 Å². The molecule has 0 spiro atoms. The highest BCUT2D eigenvalue weighted by molar-refractivity contribution is 9.10. The number of anilines is 1. The zero-order chi connectivity index (χ0) is 22.3. The maximum atomic E-state index is 13.3. The van der Waals surface area contributed by atoms with E-state index in [1.54, 1.807) is 42.5 Å². The Kier molecular flexibility index (Phi) is 8.48. The van der Waals surface area contributed by atoms with Crippen molar-refractivity contribution < 1.29 is 17.9 Å². The molecular weight excluding hydrogens is 482 g/mol. The summed E-state index contributed by atoms with van der Waals surface area (Å²) < 4.78 is 33.9. The molecule has 2 aromatic carbocycles. The number of carbonyl (C=O) groups excluding carboxylic acids is 1.